The molecule has 4 heterocycles. The third-order valence-electron chi connectivity index (χ3n) is 7.44. The second-order valence-electron chi connectivity index (χ2n) is 10.1. The fourth-order valence-electron chi connectivity index (χ4n) is 5.26. The van der Waals surface area contributed by atoms with Gasteiger partial charge in [-0.15, -0.1) is 5.10 Å². The van der Waals surface area contributed by atoms with Gasteiger partial charge in [0, 0.05) is 37.0 Å². The number of H-pyrrole nitrogens is 1. The Balaban J connectivity index is 1.16. The first-order chi connectivity index (χ1) is 18.9. The van der Waals surface area contributed by atoms with Gasteiger partial charge in [0.05, 0.1) is 18.4 Å². The SMILES string of the molecule is Cc1ccc(C(=O)N2CCCC(O)(c3cn(Cc4cc(=O)n5[nH]ccc5n4)nn3)CC2)cc1-c1ccccc1. The molecule has 0 spiro atoms. The molecular formula is C29H29N7O3. The number of hydrogen-bond acceptors (Lipinski definition) is 6. The number of benzene rings is 2. The van der Waals surface area contributed by atoms with Crippen molar-refractivity contribution in [3.63, 3.8) is 0 Å². The van der Waals surface area contributed by atoms with E-state index in [4.69, 9.17) is 0 Å². The number of nitrogens with one attached hydrogen (secondary N) is 1. The Morgan fingerprint density at radius 2 is 1.92 bits per heavy atom. The number of aromatic nitrogens is 6. The maximum atomic E-state index is 13.5. The molecule has 2 aromatic carbocycles. The van der Waals surface area contributed by atoms with Crippen LogP contribution in [0.25, 0.3) is 16.8 Å². The Morgan fingerprint density at radius 3 is 2.77 bits per heavy atom. The van der Waals surface area contributed by atoms with Crippen molar-refractivity contribution < 1.29 is 9.90 Å². The number of hydrogen-bond donors (Lipinski definition) is 2. The second kappa shape index (κ2) is 9.95. The van der Waals surface area contributed by atoms with E-state index in [1.165, 1.54) is 10.6 Å². The first-order valence-corrected chi connectivity index (χ1v) is 13.0. The van der Waals surface area contributed by atoms with Crippen LogP contribution in [0.3, 0.4) is 0 Å². The highest BCUT2D eigenvalue weighted by atomic mass is 16.3. The summed E-state index contributed by atoms with van der Waals surface area (Å²) in [7, 11) is 0. The summed E-state index contributed by atoms with van der Waals surface area (Å²) in [6.07, 6.45) is 4.80. The highest BCUT2D eigenvalue weighted by Gasteiger charge is 2.36. The number of likely N-dealkylation sites (tertiary alicyclic amines) is 1. The van der Waals surface area contributed by atoms with E-state index in [0.717, 1.165) is 16.7 Å². The molecule has 10 heteroatoms. The Hall–Kier alpha value is -4.57. The zero-order chi connectivity index (χ0) is 27.0. The van der Waals surface area contributed by atoms with Gasteiger partial charge in [0.25, 0.3) is 11.5 Å². The van der Waals surface area contributed by atoms with Gasteiger partial charge in [-0.05, 0) is 55.0 Å². The molecule has 3 aromatic heterocycles. The number of amides is 1. The molecule has 10 nitrogen and oxygen atoms in total. The summed E-state index contributed by atoms with van der Waals surface area (Å²) in [4.78, 5) is 32.0. The third-order valence-corrected chi connectivity index (χ3v) is 7.44. The molecule has 2 N–H and O–H groups in total. The third kappa shape index (κ3) is 4.86. The monoisotopic (exact) mass is 523 g/mol. The number of carbonyl (C=O) groups excluding carboxylic acids is 1. The summed E-state index contributed by atoms with van der Waals surface area (Å²) in [5.74, 6) is -0.0439. The summed E-state index contributed by atoms with van der Waals surface area (Å²) >= 11 is 0. The van der Waals surface area contributed by atoms with Crippen molar-refractivity contribution in [2.75, 3.05) is 13.1 Å². The minimum absolute atomic E-state index is 0.0439. The molecule has 1 aliphatic rings. The lowest BCUT2D eigenvalue weighted by molar-refractivity contribution is 0.0169. The lowest BCUT2D eigenvalue weighted by Gasteiger charge is -2.25. The van der Waals surface area contributed by atoms with Crippen LogP contribution in [-0.4, -0.2) is 58.6 Å². The molecule has 1 unspecified atom stereocenters. The average molecular weight is 524 g/mol. The lowest BCUT2D eigenvalue weighted by atomic mass is 9.92. The first kappa shape index (κ1) is 24.7. The summed E-state index contributed by atoms with van der Waals surface area (Å²) in [5.41, 5.74) is 3.98. The van der Waals surface area contributed by atoms with Crippen LogP contribution in [0.1, 0.15) is 46.6 Å². The van der Waals surface area contributed by atoms with Crippen LogP contribution in [0.15, 0.2) is 77.9 Å². The summed E-state index contributed by atoms with van der Waals surface area (Å²) in [5, 5.41) is 22.8. The molecule has 0 radical (unpaired) electrons. The van der Waals surface area contributed by atoms with Crippen molar-refractivity contribution in [1.29, 1.82) is 0 Å². The normalized spacial score (nSPS) is 17.8. The van der Waals surface area contributed by atoms with E-state index >= 15 is 0 Å². The number of aliphatic hydroxyl groups is 1. The number of carbonyl (C=O) groups is 1. The van der Waals surface area contributed by atoms with E-state index in [-0.39, 0.29) is 18.0 Å². The zero-order valence-corrected chi connectivity index (χ0v) is 21.6. The largest absolute Gasteiger partial charge is 0.383 e. The molecule has 0 bridgehead atoms. The summed E-state index contributed by atoms with van der Waals surface area (Å²) in [6.45, 7) is 3.25. The highest BCUT2D eigenvalue weighted by molar-refractivity contribution is 5.95. The van der Waals surface area contributed by atoms with E-state index in [9.17, 15) is 14.7 Å². The molecule has 0 aliphatic carbocycles. The van der Waals surface area contributed by atoms with Crippen LogP contribution in [0.4, 0.5) is 0 Å². The van der Waals surface area contributed by atoms with Gasteiger partial charge in [-0.1, -0.05) is 41.6 Å². The lowest BCUT2D eigenvalue weighted by Crippen LogP contribution is -2.34. The molecule has 39 heavy (non-hydrogen) atoms. The van der Waals surface area contributed by atoms with Crippen molar-refractivity contribution in [3.8, 4) is 11.1 Å². The summed E-state index contributed by atoms with van der Waals surface area (Å²) < 4.78 is 2.93. The van der Waals surface area contributed by atoms with Crippen LogP contribution in [0.2, 0.25) is 0 Å². The topological polar surface area (TPSA) is 121 Å². The fourth-order valence-corrected chi connectivity index (χ4v) is 5.26. The van der Waals surface area contributed by atoms with Crippen molar-refractivity contribution >= 4 is 11.6 Å². The van der Waals surface area contributed by atoms with E-state index in [1.807, 2.05) is 60.4 Å². The van der Waals surface area contributed by atoms with E-state index in [2.05, 4.69) is 20.4 Å². The molecular weight excluding hydrogens is 494 g/mol. The van der Waals surface area contributed by atoms with Gasteiger partial charge < -0.3 is 10.0 Å². The minimum atomic E-state index is -1.20. The molecule has 1 atom stereocenters. The molecule has 1 saturated heterocycles. The molecule has 0 saturated carbocycles. The van der Waals surface area contributed by atoms with Crippen LogP contribution in [-0.2, 0) is 12.1 Å². The number of aromatic amines is 1. The van der Waals surface area contributed by atoms with E-state index < -0.39 is 5.60 Å². The Labute approximate surface area is 224 Å². The number of nitrogens with zero attached hydrogens (tertiary/aromatic N) is 6. The van der Waals surface area contributed by atoms with Gasteiger partial charge in [0.1, 0.15) is 11.3 Å². The van der Waals surface area contributed by atoms with E-state index in [1.54, 1.807) is 23.1 Å². The van der Waals surface area contributed by atoms with Gasteiger partial charge in [0.2, 0.25) is 0 Å². The van der Waals surface area contributed by atoms with Crippen LogP contribution in [0, 0.1) is 6.92 Å². The number of fused-ring (bicyclic) bond motifs is 1. The Kier molecular flexibility index (Phi) is 6.32. The van der Waals surface area contributed by atoms with Crippen LogP contribution < -0.4 is 5.56 Å². The molecule has 1 amide bonds. The molecule has 5 aromatic rings. The number of aryl methyl sites for hydroxylation is 1. The molecule has 1 aliphatic heterocycles. The molecule has 198 valence electrons. The smallest absolute Gasteiger partial charge is 0.272 e. The molecule has 6 rings (SSSR count). The first-order valence-electron chi connectivity index (χ1n) is 13.0. The summed E-state index contributed by atoms with van der Waals surface area (Å²) in [6, 6.07) is 19.0. The van der Waals surface area contributed by atoms with Gasteiger partial charge in [-0.25, -0.2) is 14.2 Å². The maximum absolute atomic E-state index is 13.5. The van der Waals surface area contributed by atoms with Crippen molar-refractivity contribution in [3.05, 3.63) is 106 Å². The predicted octanol–water partition coefficient (Wildman–Crippen LogP) is 3.15. The Morgan fingerprint density at radius 1 is 1.08 bits per heavy atom. The van der Waals surface area contributed by atoms with Crippen molar-refractivity contribution in [2.24, 2.45) is 0 Å². The van der Waals surface area contributed by atoms with Crippen molar-refractivity contribution in [1.82, 2.24) is 34.5 Å². The quantitative estimate of drug-likeness (QED) is 0.365. The zero-order valence-electron chi connectivity index (χ0n) is 21.6. The van der Waals surface area contributed by atoms with Gasteiger partial charge in [0.15, 0.2) is 5.65 Å². The van der Waals surface area contributed by atoms with Crippen LogP contribution >= 0.6 is 0 Å². The Bertz CT molecular complexity index is 1700. The average Bonchev–Trinajstić information content (AvgIpc) is 3.57. The fraction of sp³-hybridized carbons (Fsp3) is 0.276. The highest BCUT2D eigenvalue weighted by Crippen LogP contribution is 2.32. The van der Waals surface area contributed by atoms with Crippen LogP contribution in [0.5, 0.6) is 0 Å². The second-order valence-corrected chi connectivity index (χ2v) is 10.1. The standard InChI is InChI=1S/C29H29N7O3/c1-20-8-9-22(16-24(20)21-6-3-2-4-7-21)28(38)34-14-5-11-29(39,12-15-34)25-19-35(33-32-25)18-23-17-27(37)36-26(31-23)10-13-30-36/h2-4,6-10,13,16-17,19,30,39H,5,11-12,14-15,18H2,1H3. The van der Waals surface area contributed by atoms with Gasteiger partial charge in [-0.2, -0.15) is 0 Å². The van der Waals surface area contributed by atoms with Gasteiger partial charge in [-0.3, -0.25) is 14.7 Å². The number of rotatable bonds is 5. The minimum Gasteiger partial charge on any atom is -0.383 e. The predicted molar refractivity (Wildman–Crippen MR) is 145 cm³/mol. The van der Waals surface area contributed by atoms with Crippen molar-refractivity contribution in [2.45, 2.75) is 38.3 Å². The molecule has 1 fully saturated rings. The maximum Gasteiger partial charge on any atom is 0.272 e. The van der Waals surface area contributed by atoms with E-state index in [0.29, 0.717) is 55.0 Å². The van der Waals surface area contributed by atoms with Gasteiger partial charge >= 0.3 is 0 Å².